The summed E-state index contributed by atoms with van der Waals surface area (Å²) in [6.45, 7) is 1.53. The summed E-state index contributed by atoms with van der Waals surface area (Å²) in [4.78, 5) is 43.4. The molecule has 1 atom stereocenters. The fraction of sp³-hybridized carbons (Fsp3) is 0.130. The van der Waals surface area contributed by atoms with E-state index in [4.69, 9.17) is 4.74 Å². The molecule has 0 radical (unpaired) electrons. The van der Waals surface area contributed by atoms with E-state index in [1.165, 1.54) is 44.4 Å². The van der Waals surface area contributed by atoms with Gasteiger partial charge >= 0.3 is 11.9 Å². The van der Waals surface area contributed by atoms with Crippen LogP contribution >= 0.6 is 11.3 Å². The lowest BCUT2D eigenvalue weighted by atomic mass is 9.95. The first-order valence-corrected chi connectivity index (χ1v) is 10.4. The number of anilines is 1. The summed E-state index contributed by atoms with van der Waals surface area (Å²) in [6.07, 6.45) is 0. The Morgan fingerprint density at radius 1 is 1.12 bits per heavy atom. The predicted molar refractivity (Wildman–Crippen MR) is 116 cm³/mol. The number of hydrogen-bond acceptors (Lipinski definition) is 7. The Kier molecular flexibility index (Phi) is 5.77. The number of nitrogens with zero attached hydrogens (tertiary/aromatic N) is 2. The highest BCUT2D eigenvalue weighted by Gasteiger charge is 2.49. The molecule has 1 saturated heterocycles. The molecule has 1 fully saturated rings. The van der Waals surface area contributed by atoms with Crippen LogP contribution < -0.4 is 4.90 Å². The number of esters is 1. The van der Waals surface area contributed by atoms with Crippen molar-refractivity contribution in [3.8, 4) is 0 Å². The third-order valence-electron chi connectivity index (χ3n) is 5.12. The number of Topliss-reactive ketones (excluding diaryl/α,β-unsaturated/α-hetero) is 1. The van der Waals surface area contributed by atoms with Crippen LogP contribution in [0.1, 0.15) is 32.5 Å². The number of methoxy groups -OCH3 is 1. The van der Waals surface area contributed by atoms with E-state index in [1.807, 2.05) is 0 Å². The highest BCUT2D eigenvalue weighted by molar-refractivity contribution is 7.17. The summed E-state index contributed by atoms with van der Waals surface area (Å²) in [5.74, 6) is -4.69. The molecule has 4 rings (SSSR count). The lowest BCUT2D eigenvalue weighted by molar-refractivity contribution is -0.132. The molecule has 10 heteroatoms. The molecule has 2 heterocycles. The van der Waals surface area contributed by atoms with E-state index in [9.17, 15) is 28.3 Å². The number of amides is 1. The van der Waals surface area contributed by atoms with Gasteiger partial charge in [-0.15, -0.1) is 0 Å². The van der Waals surface area contributed by atoms with Gasteiger partial charge < -0.3 is 9.84 Å². The van der Waals surface area contributed by atoms with Crippen molar-refractivity contribution in [2.45, 2.75) is 13.0 Å². The average molecular weight is 470 g/mol. The minimum Gasteiger partial charge on any atom is -0.507 e. The van der Waals surface area contributed by atoms with Gasteiger partial charge in [0.25, 0.3) is 5.78 Å². The maximum atomic E-state index is 14.8. The molecular formula is C23H16F2N2O5S. The fourth-order valence-electron chi connectivity index (χ4n) is 3.55. The minimum absolute atomic E-state index is 0.0404. The number of aliphatic hydroxyl groups is 1. The molecule has 2 aromatic carbocycles. The van der Waals surface area contributed by atoms with E-state index >= 15 is 0 Å². The predicted octanol–water partition coefficient (Wildman–Crippen LogP) is 4.14. The summed E-state index contributed by atoms with van der Waals surface area (Å²) >= 11 is 0.802. The van der Waals surface area contributed by atoms with Gasteiger partial charge in [-0.05, 0) is 37.3 Å². The van der Waals surface area contributed by atoms with Gasteiger partial charge in [0.05, 0.1) is 18.4 Å². The van der Waals surface area contributed by atoms with Crippen molar-refractivity contribution in [2.24, 2.45) is 0 Å². The maximum Gasteiger partial charge on any atom is 0.350 e. The van der Waals surface area contributed by atoms with Gasteiger partial charge in [-0.2, -0.15) is 0 Å². The molecule has 0 bridgehead atoms. The van der Waals surface area contributed by atoms with E-state index in [1.54, 1.807) is 0 Å². The van der Waals surface area contributed by atoms with E-state index in [-0.39, 0.29) is 32.4 Å². The van der Waals surface area contributed by atoms with Gasteiger partial charge in [0.1, 0.15) is 28.3 Å². The van der Waals surface area contributed by atoms with Crippen LogP contribution in [0.3, 0.4) is 0 Å². The molecule has 3 aromatic rings. The van der Waals surface area contributed by atoms with E-state index in [2.05, 4.69) is 4.98 Å². The quantitative estimate of drug-likeness (QED) is 0.266. The summed E-state index contributed by atoms with van der Waals surface area (Å²) < 4.78 is 32.9. The topological polar surface area (TPSA) is 96.8 Å². The SMILES string of the molecule is COC(=O)c1sc(N2C(=O)C(=O)/C(=C(\O)c3ccc(F)cc3)C2c2ccccc2F)nc1C. The van der Waals surface area contributed by atoms with Crippen molar-refractivity contribution in [1.29, 1.82) is 0 Å². The Morgan fingerprint density at radius 2 is 1.79 bits per heavy atom. The van der Waals surface area contributed by atoms with Crippen LogP contribution in [0.5, 0.6) is 0 Å². The van der Waals surface area contributed by atoms with Crippen LogP contribution in [0.4, 0.5) is 13.9 Å². The second-order valence-electron chi connectivity index (χ2n) is 7.10. The number of benzene rings is 2. The smallest absolute Gasteiger partial charge is 0.350 e. The van der Waals surface area contributed by atoms with Crippen LogP contribution in [0.15, 0.2) is 54.1 Å². The zero-order valence-electron chi connectivity index (χ0n) is 17.3. The number of aliphatic hydroxyl groups excluding tert-OH is 1. The maximum absolute atomic E-state index is 14.8. The molecular weight excluding hydrogens is 454 g/mol. The van der Waals surface area contributed by atoms with Crippen LogP contribution in [0.2, 0.25) is 0 Å². The summed E-state index contributed by atoms with van der Waals surface area (Å²) in [5.41, 5.74) is -0.118. The first kappa shape index (κ1) is 22.3. The third kappa shape index (κ3) is 3.78. The number of aryl methyl sites for hydroxylation is 1. The van der Waals surface area contributed by atoms with Gasteiger partial charge in [-0.25, -0.2) is 18.6 Å². The van der Waals surface area contributed by atoms with Crippen molar-refractivity contribution in [3.05, 3.63) is 87.4 Å². The molecule has 1 amide bonds. The first-order valence-electron chi connectivity index (χ1n) is 9.61. The monoisotopic (exact) mass is 470 g/mol. The minimum atomic E-state index is -1.37. The highest BCUT2D eigenvalue weighted by Crippen LogP contribution is 2.44. The van der Waals surface area contributed by atoms with E-state index < -0.39 is 41.1 Å². The molecule has 7 nitrogen and oxygen atoms in total. The van der Waals surface area contributed by atoms with Crippen molar-refractivity contribution in [2.75, 3.05) is 12.0 Å². The number of halogens is 2. The molecule has 0 aliphatic carbocycles. The fourth-order valence-corrected chi connectivity index (χ4v) is 4.56. The Morgan fingerprint density at radius 3 is 2.42 bits per heavy atom. The van der Waals surface area contributed by atoms with Gasteiger partial charge in [0, 0.05) is 11.1 Å². The zero-order chi connectivity index (χ0) is 23.9. The molecule has 0 spiro atoms. The molecule has 0 saturated carbocycles. The standard InChI is InChI=1S/C23H16F2N2O5S/c1-11-20(22(31)32-2)33-23(26-11)27-17(14-5-3-4-6-15(14)25)16(19(29)21(27)30)18(28)12-7-9-13(24)10-8-12/h3-10,17,28H,1-2H3/b18-16-. The number of hydrogen-bond donors (Lipinski definition) is 1. The molecule has 1 aliphatic heterocycles. The van der Waals surface area contributed by atoms with Gasteiger partial charge in [0.15, 0.2) is 5.13 Å². The number of ether oxygens (including phenoxy) is 1. The van der Waals surface area contributed by atoms with Crippen LogP contribution in [0.25, 0.3) is 5.76 Å². The largest absolute Gasteiger partial charge is 0.507 e. The number of thiazole rings is 1. The Hall–Kier alpha value is -3.92. The van der Waals surface area contributed by atoms with Gasteiger partial charge in [0.2, 0.25) is 0 Å². The third-order valence-corrected chi connectivity index (χ3v) is 6.26. The van der Waals surface area contributed by atoms with Gasteiger partial charge in [-0.1, -0.05) is 29.5 Å². The number of carbonyl (C=O) groups is 3. The lowest BCUT2D eigenvalue weighted by Crippen LogP contribution is -2.29. The molecule has 1 unspecified atom stereocenters. The highest BCUT2D eigenvalue weighted by atomic mass is 32.1. The Labute approximate surface area is 190 Å². The molecule has 1 aromatic heterocycles. The number of ketones is 1. The average Bonchev–Trinajstić information content (AvgIpc) is 3.30. The zero-order valence-corrected chi connectivity index (χ0v) is 18.2. The molecule has 1 N–H and O–H groups in total. The van der Waals surface area contributed by atoms with Crippen molar-refractivity contribution in [3.63, 3.8) is 0 Å². The number of carbonyl (C=O) groups excluding carboxylic acids is 3. The van der Waals surface area contributed by atoms with Crippen LogP contribution in [-0.2, 0) is 14.3 Å². The van der Waals surface area contributed by atoms with Crippen molar-refractivity contribution < 1.29 is 33.0 Å². The lowest BCUT2D eigenvalue weighted by Gasteiger charge is -2.23. The van der Waals surface area contributed by atoms with Crippen LogP contribution in [0, 0.1) is 18.6 Å². The Balaban J connectivity index is 1.95. The molecule has 168 valence electrons. The van der Waals surface area contributed by atoms with Crippen molar-refractivity contribution in [1.82, 2.24) is 4.98 Å². The molecule has 33 heavy (non-hydrogen) atoms. The second-order valence-corrected chi connectivity index (χ2v) is 8.08. The summed E-state index contributed by atoms with van der Waals surface area (Å²) in [6, 6.07) is 8.74. The van der Waals surface area contributed by atoms with E-state index in [0.29, 0.717) is 0 Å². The second kappa shape index (κ2) is 8.55. The summed E-state index contributed by atoms with van der Waals surface area (Å²) in [5, 5.41) is 10.9. The normalized spacial score (nSPS) is 17.5. The Bertz CT molecular complexity index is 1320. The van der Waals surface area contributed by atoms with Crippen LogP contribution in [-0.4, -0.2) is 34.9 Å². The number of rotatable bonds is 4. The summed E-state index contributed by atoms with van der Waals surface area (Å²) in [7, 11) is 1.19. The van der Waals surface area contributed by atoms with Crippen molar-refractivity contribution >= 4 is 39.9 Å². The van der Waals surface area contributed by atoms with Gasteiger partial charge in [-0.3, -0.25) is 14.5 Å². The number of aromatic nitrogens is 1. The molecule has 1 aliphatic rings. The first-order chi connectivity index (χ1) is 15.7. The van der Waals surface area contributed by atoms with E-state index in [0.717, 1.165) is 34.4 Å².